The zero-order valence-electron chi connectivity index (χ0n) is 12.4. The lowest BCUT2D eigenvalue weighted by Crippen LogP contribution is -2.19. The van der Waals surface area contributed by atoms with E-state index in [9.17, 15) is 9.18 Å². The van der Waals surface area contributed by atoms with E-state index in [2.05, 4.69) is 0 Å². The fourth-order valence-electron chi connectivity index (χ4n) is 2.21. The fraction of sp³-hybridized carbons (Fsp3) is 0.235. The van der Waals surface area contributed by atoms with Crippen LogP contribution in [0.3, 0.4) is 0 Å². The predicted molar refractivity (Wildman–Crippen MR) is 81.5 cm³/mol. The molecule has 0 spiro atoms. The number of benzene rings is 2. The first-order chi connectivity index (χ1) is 10.0. The molecule has 0 aliphatic carbocycles. The second-order valence-corrected chi connectivity index (χ2v) is 4.92. The van der Waals surface area contributed by atoms with E-state index in [1.807, 2.05) is 36.2 Å². The second-order valence-electron chi connectivity index (χ2n) is 4.92. The van der Waals surface area contributed by atoms with Gasteiger partial charge >= 0.3 is 0 Å². The Morgan fingerprint density at radius 3 is 2.43 bits per heavy atom. The molecule has 0 bridgehead atoms. The minimum Gasteiger partial charge on any atom is -0.497 e. The molecule has 0 heterocycles. The number of anilines is 1. The SMILES string of the molecule is COc1ccc(CN(C)c2ccc(F)cc2C(C)=O)cc1. The number of hydrogen-bond acceptors (Lipinski definition) is 3. The van der Waals surface area contributed by atoms with Gasteiger partial charge in [-0.2, -0.15) is 0 Å². The lowest BCUT2D eigenvalue weighted by Gasteiger charge is -2.22. The Hall–Kier alpha value is -2.36. The molecule has 0 atom stereocenters. The lowest BCUT2D eigenvalue weighted by atomic mass is 10.1. The van der Waals surface area contributed by atoms with Gasteiger partial charge in [-0.25, -0.2) is 4.39 Å². The van der Waals surface area contributed by atoms with Gasteiger partial charge in [0.2, 0.25) is 0 Å². The number of methoxy groups -OCH3 is 1. The zero-order valence-corrected chi connectivity index (χ0v) is 12.4. The number of ketones is 1. The van der Waals surface area contributed by atoms with Gasteiger partial charge in [-0.15, -0.1) is 0 Å². The van der Waals surface area contributed by atoms with Crippen molar-refractivity contribution in [3.05, 3.63) is 59.4 Å². The quantitative estimate of drug-likeness (QED) is 0.786. The van der Waals surface area contributed by atoms with Crippen molar-refractivity contribution in [2.75, 3.05) is 19.1 Å². The molecule has 0 saturated carbocycles. The number of ether oxygens (including phenoxy) is 1. The molecule has 0 aromatic heterocycles. The van der Waals surface area contributed by atoms with Crippen molar-refractivity contribution < 1.29 is 13.9 Å². The van der Waals surface area contributed by atoms with Crippen molar-refractivity contribution in [3.8, 4) is 5.75 Å². The van der Waals surface area contributed by atoms with Crippen LogP contribution < -0.4 is 9.64 Å². The number of nitrogens with zero attached hydrogens (tertiary/aromatic N) is 1. The maximum Gasteiger partial charge on any atom is 0.161 e. The molecule has 4 heteroatoms. The first-order valence-electron chi connectivity index (χ1n) is 6.66. The van der Waals surface area contributed by atoms with Crippen molar-refractivity contribution in [2.24, 2.45) is 0 Å². The molecular weight excluding hydrogens is 269 g/mol. The molecule has 0 radical (unpaired) electrons. The molecule has 0 amide bonds. The summed E-state index contributed by atoms with van der Waals surface area (Å²) in [7, 11) is 3.50. The number of hydrogen-bond donors (Lipinski definition) is 0. The van der Waals surface area contributed by atoms with Crippen LogP contribution in [0.5, 0.6) is 5.75 Å². The highest BCUT2D eigenvalue weighted by atomic mass is 19.1. The molecule has 0 unspecified atom stereocenters. The van der Waals surface area contributed by atoms with Gasteiger partial charge in [0.25, 0.3) is 0 Å². The standard InChI is InChI=1S/C17H18FNO2/c1-12(20)16-10-14(18)6-9-17(16)19(2)11-13-4-7-15(21-3)8-5-13/h4-10H,11H2,1-3H3. The van der Waals surface area contributed by atoms with Crippen LogP contribution in [0.1, 0.15) is 22.8 Å². The molecule has 21 heavy (non-hydrogen) atoms. The molecule has 0 saturated heterocycles. The van der Waals surface area contributed by atoms with Crippen LogP contribution in [0.25, 0.3) is 0 Å². The van der Waals surface area contributed by atoms with Crippen LogP contribution in [-0.4, -0.2) is 19.9 Å². The summed E-state index contributed by atoms with van der Waals surface area (Å²) in [6, 6.07) is 12.0. The van der Waals surface area contributed by atoms with Crippen LogP contribution in [0.2, 0.25) is 0 Å². The summed E-state index contributed by atoms with van der Waals surface area (Å²) in [5.41, 5.74) is 2.20. The first-order valence-corrected chi connectivity index (χ1v) is 6.66. The Morgan fingerprint density at radius 1 is 1.19 bits per heavy atom. The Balaban J connectivity index is 2.23. The summed E-state index contributed by atoms with van der Waals surface area (Å²) in [6.07, 6.45) is 0. The third kappa shape index (κ3) is 3.60. The maximum atomic E-state index is 13.3. The van der Waals surface area contributed by atoms with E-state index in [0.717, 1.165) is 17.0 Å². The summed E-state index contributed by atoms with van der Waals surface area (Å²) in [6.45, 7) is 2.06. The average Bonchev–Trinajstić information content (AvgIpc) is 2.47. The Kier molecular flexibility index (Phi) is 4.58. The van der Waals surface area contributed by atoms with Gasteiger partial charge in [0, 0.05) is 24.8 Å². The number of carbonyl (C=O) groups excluding carboxylic acids is 1. The van der Waals surface area contributed by atoms with Crippen molar-refractivity contribution in [1.29, 1.82) is 0 Å². The molecule has 2 rings (SSSR count). The van der Waals surface area contributed by atoms with Crippen LogP contribution in [-0.2, 0) is 6.54 Å². The summed E-state index contributed by atoms with van der Waals surface area (Å²) < 4.78 is 18.4. The number of Topliss-reactive ketones (excluding diaryl/α,β-unsaturated/α-hetero) is 1. The van der Waals surface area contributed by atoms with Crippen molar-refractivity contribution in [1.82, 2.24) is 0 Å². The van der Waals surface area contributed by atoms with Crippen LogP contribution in [0.4, 0.5) is 10.1 Å². The average molecular weight is 287 g/mol. The van der Waals surface area contributed by atoms with Gasteiger partial charge < -0.3 is 9.64 Å². The van der Waals surface area contributed by atoms with E-state index in [0.29, 0.717) is 12.1 Å². The Labute approximate surface area is 124 Å². The normalized spacial score (nSPS) is 10.3. The summed E-state index contributed by atoms with van der Waals surface area (Å²) in [4.78, 5) is 13.6. The molecule has 2 aromatic carbocycles. The Morgan fingerprint density at radius 2 is 1.86 bits per heavy atom. The fourth-order valence-corrected chi connectivity index (χ4v) is 2.21. The molecule has 0 fully saturated rings. The van der Waals surface area contributed by atoms with Crippen molar-refractivity contribution >= 4 is 11.5 Å². The molecule has 2 aromatic rings. The summed E-state index contributed by atoms with van der Waals surface area (Å²) >= 11 is 0. The van der Waals surface area contributed by atoms with Gasteiger partial charge in [-0.05, 0) is 42.8 Å². The number of rotatable bonds is 5. The predicted octanol–water partition coefficient (Wildman–Crippen LogP) is 3.67. The molecule has 0 aliphatic rings. The molecule has 0 aliphatic heterocycles. The highest BCUT2D eigenvalue weighted by molar-refractivity contribution is 5.99. The van der Waals surface area contributed by atoms with Crippen LogP contribution in [0, 0.1) is 5.82 Å². The van der Waals surface area contributed by atoms with E-state index in [4.69, 9.17) is 4.74 Å². The zero-order chi connectivity index (χ0) is 15.4. The highest BCUT2D eigenvalue weighted by Crippen LogP contribution is 2.23. The highest BCUT2D eigenvalue weighted by Gasteiger charge is 2.12. The van der Waals surface area contributed by atoms with E-state index in [1.165, 1.54) is 19.1 Å². The van der Waals surface area contributed by atoms with Crippen LogP contribution >= 0.6 is 0 Å². The molecule has 110 valence electrons. The monoisotopic (exact) mass is 287 g/mol. The minimum atomic E-state index is -0.401. The minimum absolute atomic E-state index is 0.147. The summed E-state index contributed by atoms with van der Waals surface area (Å²) in [5, 5.41) is 0. The smallest absolute Gasteiger partial charge is 0.161 e. The third-order valence-electron chi connectivity index (χ3n) is 3.33. The number of carbonyl (C=O) groups is 1. The number of halogens is 1. The maximum absolute atomic E-state index is 13.3. The van der Waals surface area contributed by atoms with Gasteiger partial charge in [-0.1, -0.05) is 12.1 Å². The van der Waals surface area contributed by atoms with Crippen molar-refractivity contribution in [3.63, 3.8) is 0 Å². The lowest BCUT2D eigenvalue weighted by molar-refractivity contribution is 0.101. The molecule has 0 N–H and O–H groups in total. The topological polar surface area (TPSA) is 29.5 Å². The van der Waals surface area contributed by atoms with Gasteiger partial charge in [0.15, 0.2) is 5.78 Å². The van der Waals surface area contributed by atoms with Gasteiger partial charge in [0.1, 0.15) is 11.6 Å². The van der Waals surface area contributed by atoms with E-state index < -0.39 is 5.82 Å². The van der Waals surface area contributed by atoms with Crippen LogP contribution in [0.15, 0.2) is 42.5 Å². The first kappa shape index (κ1) is 15.0. The van der Waals surface area contributed by atoms with E-state index in [1.54, 1.807) is 13.2 Å². The van der Waals surface area contributed by atoms with Crippen molar-refractivity contribution in [2.45, 2.75) is 13.5 Å². The second kappa shape index (κ2) is 6.39. The molecular formula is C17H18FNO2. The third-order valence-corrected chi connectivity index (χ3v) is 3.33. The van der Waals surface area contributed by atoms with E-state index >= 15 is 0 Å². The van der Waals surface area contributed by atoms with E-state index in [-0.39, 0.29) is 5.78 Å². The van der Waals surface area contributed by atoms with Gasteiger partial charge in [0.05, 0.1) is 7.11 Å². The largest absolute Gasteiger partial charge is 0.497 e. The Bertz CT molecular complexity index is 638. The van der Waals surface area contributed by atoms with Gasteiger partial charge in [-0.3, -0.25) is 4.79 Å². The molecule has 3 nitrogen and oxygen atoms in total. The summed E-state index contributed by atoms with van der Waals surface area (Å²) in [5.74, 6) is 0.250.